The number of tetrazole rings is 1. The van der Waals surface area contributed by atoms with E-state index >= 15 is 0 Å². The highest BCUT2D eigenvalue weighted by Crippen LogP contribution is 2.27. The van der Waals surface area contributed by atoms with Crippen molar-refractivity contribution in [3.8, 4) is 11.4 Å². The second kappa shape index (κ2) is 7.52. The van der Waals surface area contributed by atoms with Crippen molar-refractivity contribution in [3.63, 3.8) is 0 Å². The van der Waals surface area contributed by atoms with Crippen LogP contribution in [0.4, 0.5) is 10.5 Å². The van der Waals surface area contributed by atoms with E-state index in [-0.39, 0.29) is 12.1 Å². The monoisotopic (exact) mass is 337 g/mol. The van der Waals surface area contributed by atoms with E-state index in [1.165, 1.54) is 0 Å². The first-order valence-electron chi connectivity index (χ1n) is 7.96. The van der Waals surface area contributed by atoms with E-state index in [0.29, 0.717) is 18.1 Å². The molecule has 2 heterocycles. The van der Waals surface area contributed by atoms with Crippen LogP contribution in [0.3, 0.4) is 0 Å². The van der Waals surface area contributed by atoms with Gasteiger partial charge in [-0.2, -0.15) is 0 Å². The summed E-state index contributed by atoms with van der Waals surface area (Å²) in [5.41, 5.74) is 2.38. The molecule has 2 aromatic heterocycles. The molecule has 128 valence electrons. The number of pyridine rings is 1. The van der Waals surface area contributed by atoms with Crippen LogP contribution >= 0.6 is 0 Å². The van der Waals surface area contributed by atoms with Crippen LogP contribution in [0.25, 0.3) is 11.4 Å². The van der Waals surface area contributed by atoms with Gasteiger partial charge in [0.1, 0.15) is 0 Å². The van der Waals surface area contributed by atoms with Crippen LogP contribution in [-0.2, 0) is 6.54 Å². The Kier molecular flexibility index (Phi) is 4.98. The van der Waals surface area contributed by atoms with Gasteiger partial charge in [-0.05, 0) is 54.1 Å². The molecule has 0 bridgehead atoms. The van der Waals surface area contributed by atoms with E-state index in [9.17, 15) is 4.79 Å². The summed E-state index contributed by atoms with van der Waals surface area (Å²) in [4.78, 5) is 16.2. The van der Waals surface area contributed by atoms with Crippen molar-refractivity contribution in [1.29, 1.82) is 0 Å². The number of urea groups is 1. The van der Waals surface area contributed by atoms with E-state index in [1.54, 1.807) is 17.1 Å². The van der Waals surface area contributed by atoms with Crippen molar-refractivity contribution in [2.75, 3.05) is 5.32 Å². The van der Waals surface area contributed by atoms with Crippen molar-refractivity contribution < 1.29 is 4.79 Å². The largest absolute Gasteiger partial charge is 0.334 e. The zero-order valence-electron chi connectivity index (χ0n) is 14.0. The number of carbonyl (C=O) groups excluding carboxylic acids is 1. The molecule has 2 N–H and O–H groups in total. The molecule has 0 aliphatic heterocycles. The van der Waals surface area contributed by atoms with Crippen molar-refractivity contribution in [1.82, 2.24) is 30.5 Å². The first-order valence-corrected chi connectivity index (χ1v) is 7.96. The predicted molar refractivity (Wildman–Crippen MR) is 93.7 cm³/mol. The molecule has 2 amide bonds. The Morgan fingerprint density at radius 1 is 1.16 bits per heavy atom. The Bertz CT molecular complexity index is 845. The van der Waals surface area contributed by atoms with Gasteiger partial charge in [0.2, 0.25) is 0 Å². The summed E-state index contributed by atoms with van der Waals surface area (Å²) in [5, 5.41) is 17.5. The van der Waals surface area contributed by atoms with Crippen LogP contribution in [0.15, 0.2) is 48.8 Å². The van der Waals surface area contributed by atoms with E-state index < -0.39 is 0 Å². The fourth-order valence-corrected chi connectivity index (χ4v) is 2.36. The summed E-state index contributed by atoms with van der Waals surface area (Å²) >= 11 is 0. The lowest BCUT2D eigenvalue weighted by Gasteiger charge is -2.13. The minimum Gasteiger partial charge on any atom is -0.334 e. The Labute approximate surface area is 145 Å². The average Bonchev–Trinajstić information content (AvgIpc) is 3.11. The molecule has 8 nitrogen and oxygen atoms in total. The van der Waals surface area contributed by atoms with Crippen LogP contribution < -0.4 is 10.6 Å². The molecule has 3 rings (SSSR count). The van der Waals surface area contributed by atoms with Gasteiger partial charge in [-0.15, -0.1) is 5.10 Å². The number of hydrogen-bond donors (Lipinski definition) is 2. The molecule has 0 atom stereocenters. The smallest absolute Gasteiger partial charge is 0.319 e. The summed E-state index contributed by atoms with van der Waals surface area (Å²) < 4.78 is 1.72. The molecule has 0 unspecified atom stereocenters. The molecule has 25 heavy (non-hydrogen) atoms. The van der Waals surface area contributed by atoms with E-state index in [4.69, 9.17) is 0 Å². The number of anilines is 1. The number of nitrogens with zero attached hydrogens (tertiary/aromatic N) is 5. The maximum atomic E-state index is 12.2. The first kappa shape index (κ1) is 16.6. The Morgan fingerprint density at radius 3 is 2.68 bits per heavy atom. The zero-order chi connectivity index (χ0) is 17.6. The standard InChI is InChI=1S/C17H19N7O/c1-12(2)24-16(21-22-23-24)14-5-3-4-6-15(14)20-17(25)19-11-13-7-9-18-10-8-13/h3-10,12H,11H2,1-2H3,(H2,19,20,25). The molecule has 8 heteroatoms. The Balaban J connectivity index is 1.75. The van der Waals surface area contributed by atoms with Crippen molar-refractivity contribution >= 4 is 11.7 Å². The molecule has 0 saturated carbocycles. The minimum absolute atomic E-state index is 0.110. The van der Waals surface area contributed by atoms with E-state index in [2.05, 4.69) is 31.1 Å². The van der Waals surface area contributed by atoms with Gasteiger partial charge in [-0.3, -0.25) is 4.98 Å². The van der Waals surface area contributed by atoms with Crippen molar-refractivity contribution in [2.45, 2.75) is 26.4 Å². The maximum Gasteiger partial charge on any atom is 0.319 e. The normalized spacial score (nSPS) is 10.7. The van der Waals surface area contributed by atoms with Gasteiger partial charge in [0.25, 0.3) is 0 Å². The van der Waals surface area contributed by atoms with Crippen LogP contribution in [0, 0.1) is 0 Å². The third kappa shape index (κ3) is 3.97. The summed E-state index contributed by atoms with van der Waals surface area (Å²) in [6.45, 7) is 4.41. The number of hydrogen-bond acceptors (Lipinski definition) is 5. The number of rotatable bonds is 5. The van der Waals surface area contributed by atoms with Gasteiger partial charge >= 0.3 is 6.03 Å². The zero-order valence-corrected chi connectivity index (χ0v) is 14.0. The molecule has 0 aliphatic carbocycles. The summed E-state index contributed by atoms with van der Waals surface area (Å²) in [6.07, 6.45) is 3.38. The molecule has 1 aromatic carbocycles. The van der Waals surface area contributed by atoms with E-state index in [0.717, 1.165) is 11.1 Å². The lowest BCUT2D eigenvalue weighted by Crippen LogP contribution is -2.28. The fraction of sp³-hybridized carbons (Fsp3) is 0.235. The summed E-state index contributed by atoms with van der Waals surface area (Å²) in [6, 6.07) is 11.0. The third-order valence-corrected chi connectivity index (χ3v) is 3.60. The summed E-state index contributed by atoms with van der Waals surface area (Å²) in [7, 11) is 0. The highest BCUT2D eigenvalue weighted by atomic mass is 16.2. The molecule has 3 aromatic rings. The number of amides is 2. The lowest BCUT2D eigenvalue weighted by molar-refractivity contribution is 0.251. The van der Waals surface area contributed by atoms with Gasteiger partial charge in [-0.25, -0.2) is 9.48 Å². The second-order valence-electron chi connectivity index (χ2n) is 5.75. The third-order valence-electron chi connectivity index (χ3n) is 3.60. The summed E-state index contributed by atoms with van der Waals surface area (Å²) in [5.74, 6) is 0.611. The number of carbonyl (C=O) groups is 1. The van der Waals surface area contributed by atoms with Crippen LogP contribution in [0.2, 0.25) is 0 Å². The first-order chi connectivity index (χ1) is 12.1. The van der Waals surface area contributed by atoms with Gasteiger partial charge in [0, 0.05) is 24.5 Å². The van der Waals surface area contributed by atoms with Gasteiger partial charge in [0.05, 0.1) is 11.7 Å². The van der Waals surface area contributed by atoms with Gasteiger partial charge < -0.3 is 10.6 Å². The minimum atomic E-state index is -0.298. The molecular formula is C17H19N7O. The van der Waals surface area contributed by atoms with Crippen molar-refractivity contribution in [3.05, 3.63) is 54.4 Å². The highest BCUT2D eigenvalue weighted by Gasteiger charge is 2.16. The molecular weight excluding hydrogens is 318 g/mol. The van der Waals surface area contributed by atoms with Crippen LogP contribution in [-0.4, -0.2) is 31.2 Å². The van der Waals surface area contributed by atoms with Gasteiger partial charge in [-0.1, -0.05) is 12.1 Å². The predicted octanol–water partition coefficient (Wildman–Crippen LogP) is 2.64. The average molecular weight is 337 g/mol. The maximum absolute atomic E-state index is 12.2. The number of para-hydroxylation sites is 1. The Morgan fingerprint density at radius 2 is 1.92 bits per heavy atom. The number of benzene rings is 1. The molecule has 0 fully saturated rings. The second-order valence-corrected chi connectivity index (χ2v) is 5.75. The topological polar surface area (TPSA) is 97.6 Å². The lowest BCUT2D eigenvalue weighted by atomic mass is 10.1. The van der Waals surface area contributed by atoms with Crippen LogP contribution in [0.1, 0.15) is 25.5 Å². The quantitative estimate of drug-likeness (QED) is 0.746. The highest BCUT2D eigenvalue weighted by molar-refractivity contribution is 5.93. The molecule has 0 spiro atoms. The molecule has 0 aliphatic rings. The SMILES string of the molecule is CC(C)n1nnnc1-c1ccccc1NC(=O)NCc1ccncc1. The number of nitrogens with one attached hydrogen (secondary N) is 2. The molecule has 0 radical (unpaired) electrons. The van der Waals surface area contributed by atoms with E-state index in [1.807, 2.05) is 50.2 Å². The number of aromatic nitrogens is 5. The van der Waals surface area contributed by atoms with Crippen LogP contribution in [0.5, 0.6) is 0 Å². The van der Waals surface area contributed by atoms with Crippen molar-refractivity contribution in [2.24, 2.45) is 0 Å². The fourth-order valence-electron chi connectivity index (χ4n) is 2.36. The molecule has 0 saturated heterocycles. The van der Waals surface area contributed by atoms with Gasteiger partial charge in [0.15, 0.2) is 5.82 Å². The Hall–Kier alpha value is -3.29.